The quantitative estimate of drug-likeness (QED) is 0.737. The molecule has 92 valence electrons. The maximum atomic E-state index is 11.8. The first-order chi connectivity index (χ1) is 7.37. The van der Waals surface area contributed by atoms with Crippen molar-refractivity contribution < 1.29 is 4.79 Å². The van der Waals surface area contributed by atoms with Crippen molar-refractivity contribution in [1.29, 1.82) is 0 Å². The SMILES string of the molecule is CC1CC(N2CC(N)CC2=O)CC(C)(C)C1. The molecule has 2 N–H and O–H groups in total. The zero-order valence-electron chi connectivity index (χ0n) is 10.7. The molecule has 3 heteroatoms. The van der Waals surface area contributed by atoms with Gasteiger partial charge in [-0.3, -0.25) is 4.79 Å². The number of hydrogen-bond acceptors (Lipinski definition) is 2. The van der Waals surface area contributed by atoms with E-state index < -0.39 is 0 Å². The third-order valence-corrected chi connectivity index (χ3v) is 3.99. The Labute approximate surface area is 98.4 Å². The van der Waals surface area contributed by atoms with Crippen LogP contribution in [0.2, 0.25) is 0 Å². The molecule has 2 aliphatic rings. The van der Waals surface area contributed by atoms with Gasteiger partial charge in [0.05, 0.1) is 0 Å². The highest BCUT2D eigenvalue weighted by molar-refractivity contribution is 5.79. The Morgan fingerprint density at radius 3 is 2.56 bits per heavy atom. The molecule has 1 saturated carbocycles. The lowest BCUT2D eigenvalue weighted by Gasteiger charge is -2.42. The predicted octanol–water partition coefficient (Wildman–Crippen LogP) is 1.76. The second-order valence-corrected chi connectivity index (χ2v) is 6.58. The summed E-state index contributed by atoms with van der Waals surface area (Å²) in [4.78, 5) is 13.9. The highest BCUT2D eigenvalue weighted by atomic mass is 16.2. The van der Waals surface area contributed by atoms with Crippen molar-refractivity contribution in [2.75, 3.05) is 6.54 Å². The Kier molecular flexibility index (Phi) is 2.99. The predicted molar refractivity (Wildman–Crippen MR) is 64.9 cm³/mol. The van der Waals surface area contributed by atoms with Crippen LogP contribution in [0, 0.1) is 11.3 Å². The molecule has 0 aromatic carbocycles. The normalized spacial score (nSPS) is 39.1. The van der Waals surface area contributed by atoms with Crippen LogP contribution in [0.1, 0.15) is 46.5 Å². The Bertz CT molecular complexity index is 288. The van der Waals surface area contributed by atoms with E-state index in [1.54, 1.807) is 0 Å². The highest BCUT2D eigenvalue weighted by Gasteiger charge is 2.39. The summed E-state index contributed by atoms with van der Waals surface area (Å²) in [5.74, 6) is 0.987. The van der Waals surface area contributed by atoms with E-state index in [1.165, 1.54) is 6.42 Å². The number of carbonyl (C=O) groups excluding carboxylic acids is 1. The molecule has 3 unspecified atom stereocenters. The number of nitrogens with two attached hydrogens (primary N) is 1. The molecule has 1 heterocycles. The van der Waals surface area contributed by atoms with Crippen LogP contribution in [0.5, 0.6) is 0 Å². The molecule has 1 aliphatic heterocycles. The van der Waals surface area contributed by atoms with Crippen molar-refractivity contribution in [3.8, 4) is 0 Å². The van der Waals surface area contributed by atoms with Gasteiger partial charge in [-0.05, 0) is 30.6 Å². The van der Waals surface area contributed by atoms with Gasteiger partial charge < -0.3 is 10.6 Å². The molecule has 0 aromatic heterocycles. The van der Waals surface area contributed by atoms with E-state index in [1.807, 2.05) is 4.90 Å². The second kappa shape index (κ2) is 4.02. The second-order valence-electron chi connectivity index (χ2n) is 6.58. The minimum atomic E-state index is 0.0628. The number of hydrogen-bond donors (Lipinski definition) is 1. The molecule has 1 saturated heterocycles. The summed E-state index contributed by atoms with van der Waals surface area (Å²) in [5, 5.41) is 0. The first kappa shape index (κ1) is 11.9. The number of nitrogens with zero attached hydrogens (tertiary/aromatic N) is 1. The van der Waals surface area contributed by atoms with Crippen LogP contribution in [0.4, 0.5) is 0 Å². The zero-order chi connectivity index (χ0) is 11.9. The number of carbonyl (C=O) groups is 1. The van der Waals surface area contributed by atoms with Crippen LogP contribution in [-0.4, -0.2) is 29.4 Å². The first-order valence-corrected chi connectivity index (χ1v) is 6.42. The Morgan fingerprint density at radius 1 is 1.38 bits per heavy atom. The standard InChI is InChI=1S/C13H24N2O/c1-9-4-11(7-13(2,3)6-9)15-8-10(14)5-12(15)16/h9-11H,4-8,14H2,1-3H3. The van der Waals surface area contributed by atoms with Crippen LogP contribution in [0.25, 0.3) is 0 Å². The summed E-state index contributed by atoms with van der Waals surface area (Å²) in [6.07, 6.45) is 4.11. The van der Waals surface area contributed by atoms with Gasteiger partial charge in [-0.2, -0.15) is 0 Å². The smallest absolute Gasteiger partial charge is 0.224 e. The molecule has 1 amide bonds. The average Bonchev–Trinajstić information content (AvgIpc) is 2.41. The molecule has 2 fully saturated rings. The lowest BCUT2D eigenvalue weighted by atomic mass is 9.70. The third kappa shape index (κ3) is 2.40. The Morgan fingerprint density at radius 2 is 2.06 bits per heavy atom. The summed E-state index contributed by atoms with van der Waals surface area (Å²) in [7, 11) is 0. The number of amides is 1. The van der Waals surface area contributed by atoms with Gasteiger partial charge in [-0.15, -0.1) is 0 Å². The molecular weight excluding hydrogens is 200 g/mol. The van der Waals surface area contributed by atoms with Crippen LogP contribution in [0.15, 0.2) is 0 Å². The molecule has 0 radical (unpaired) electrons. The summed E-state index contributed by atoms with van der Waals surface area (Å²) in [6, 6.07) is 0.493. The molecular formula is C13H24N2O. The van der Waals surface area contributed by atoms with Crippen LogP contribution in [0.3, 0.4) is 0 Å². The Hall–Kier alpha value is -0.570. The van der Waals surface area contributed by atoms with E-state index in [9.17, 15) is 4.79 Å². The maximum absolute atomic E-state index is 11.8. The van der Waals surface area contributed by atoms with Crippen molar-refractivity contribution in [2.45, 2.75) is 58.5 Å². The highest BCUT2D eigenvalue weighted by Crippen LogP contribution is 2.41. The van der Waals surface area contributed by atoms with Gasteiger partial charge in [-0.25, -0.2) is 0 Å². The third-order valence-electron chi connectivity index (χ3n) is 3.99. The lowest BCUT2D eigenvalue weighted by Crippen LogP contribution is -2.44. The fourth-order valence-electron chi connectivity index (χ4n) is 3.65. The lowest BCUT2D eigenvalue weighted by molar-refractivity contribution is -0.131. The average molecular weight is 224 g/mol. The van der Waals surface area contributed by atoms with E-state index in [4.69, 9.17) is 5.73 Å². The molecule has 2 rings (SSSR count). The van der Waals surface area contributed by atoms with E-state index in [2.05, 4.69) is 20.8 Å². The molecule has 3 atom stereocenters. The van der Waals surface area contributed by atoms with Gasteiger partial charge in [0.25, 0.3) is 0 Å². The summed E-state index contributed by atoms with van der Waals surface area (Å²) in [5.41, 5.74) is 6.23. The van der Waals surface area contributed by atoms with Crippen molar-refractivity contribution in [3.05, 3.63) is 0 Å². The monoisotopic (exact) mass is 224 g/mol. The topological polar surface area (TPSA) is 46.3 Å². The summed E-state index contributed by atoms with van der Waals surface area (Å²) in [6.45, 7) is 7.70. The molecule has 0 aromatic rings. The minimum Gasteiger partial charge on any atom is -0.338 e. The fourth-order valence-corrected chi connectivity index (χ4v) is 3.65. The van der Waals surface area contributed by atoms with Gasteiger partial charge in [-0.1, -0.05) is 20.8 Å². The van der Waals surface area contributed by atoms with Crippen molar-refractivity contribution in [3.63, 3.8) is 0 Å². The molecule has 0 bridgehead atoms. The maximum Gasteiger partial charge on any atom is 0.224 e. The number of rotatable bonds is 1. The van der Waals surface area contributed by atoms with Crippen molar-refractivity contribution >= 4 is 5.91 Å². The minimum absolute atomic E-state index is 0.0628. The van der Waals surface area contributed by atoms with Gasteiger partial charge >= 0.3 is 0 Å². The van der Waals surface area contributed by atoms with Gasteiger partial charge in [0.2, 0.25) is 5.91 Å². The van der Waals surface area contributed by atoms with Gasteiger partial charge in [0.15, 0.2) is 0 Å². The summed E-state index contributed by atoms with van der Waals surface area (Å²) < 4.78 is 0. The first-order valence-electron chi connectivity index (χ1n) is 6.42. The van der Waals surface area contributed by atoms with Gasteiger partial charge in [0.1, 0.15) is 0 Å². The molecule has 16 heavy (non-hydrogen) atoms. The van der Waals surface area contributed by atoms with E-state index in [0.717, 1.165) is 25.3 Å². The van der Waals surface area contributed by atoms with E-state index in [0.29, 0.717) is 17.9 Å². The molecule has 1 aliphatic carbocycles. The fraction of sp³-hybridized carbons (Fsp3) is 0.923. The van der Waals surface area contributed by atoms with Crippen LogP contribution >= 0.6 is 0 Å². The summed E-state index contributed by atoms with van der Waals surface area (Å²) >= 11 is 0. The number of likely N-dealkylation sites (tertiary alicyclic amines) is 1. The zero-order valence-corrected chi connectivity index (χ0v) is 10.7. The molecule has 3 nitrogen and oxygen atoms in total. The largest absolute Gasteiger partial charge is 0.338 e. The molecule has 0 spiro atoms. The van der Waals surface area contributed by atoms with Gasteiger partial charge in [0, 0.05) is 25.0 Å². The van der Waals surface area contributed by atoms with Crippen molar-refractivity contribution in [2.24, 2.45) is 17.1 Å². The van der Waals surface area contributed by atoms with Crippen LogP contribution < -0.4 is 5.73 Å². The van der Waals surface area contributed by atoms with Crippen molar-refractivity contribution in [1.82, 2.24) is 4.90 Å². The Balaban J connectivity index is 2.06. The van der Waals surface area contributed by atoms with Crippen LogP contribution in [-0.2, 0) is 4.79 Å². The van der Waals surface area contributed by atoms with E-state index >= 15 is 0 Å². The van der Waals surface area contributed by atoms with E-state index in [-0.39, 0.29) is 11.9 Å².